The van der Waals surface area contributed by atoms with Crippen LogP contribution in [0.25, 0.3) is 22.4 Å². The van der Waals surface area contributed by atoms with Crippen molar-refractivity contribution in [2.45, 2.75) is 19.1 Å². The molecule has 0 aliphatic heterocycles. The van der Waals surface area contributed by atoms with Gasteiger partial charge in [0.2, 0.25) is 5.88 Å². The summed E-state index contributed by atoms with van der Waals surface area (Å²) in [6, 6.07) is 21.8. The summed E-state index contributed by atoms with van der Waals surface area (Å²) in [5.41, 5.74) is 2.42. The Labute approximate surface area is 203 Å². The van der Waals surface area contributed by atoms with Crippen LogP contribution in [-0.2, 0) is 4.79 Å². The highest BCUT2D eigenvalue weighted by molar-refractivity contribution is 6.42. The third-order valence-corrected chi connectivity index (χ3v) is 5.93. The van der Waals surface area contributed by atoms with Crippen molar-refractivity contribution in [1.82, 2.24) is 9.78 Å². The van der Waals surface area contributed by atoms with E-state index in [2.05, 4.69) is 5.10 Å². The van der Waals surface area contributed by atoms with Crippen molar-refractivity contribution >= 4 is 29.2 Å². The van der Waals surface area contributed by atoms with Crippen LogP contribution in [0.5, 0.6) is 5.88 Å². The lowest BCUT2D eigenvalue weighted by Crippen LogP contribution is -2.29. The van der Waals surface area contributed by atoms with Gasteiger partial charge in [-0.1, -0.05) is 89.9 Å². The number of alkyl halides is 3. The van der Waals surface area contributed by atoms with Crippen molar-refractivity contribution in [2.75, 3.05) is 0 Å². The van der Waals surface area contributed by atoms with Crippen molar-refractivity contribution in [2.24, 2.45) is 0 Å². The second-order valence-corrected chi connectivity index (χ2v) is 8.26. The minimum absolute atomic E-state index is 0.260. The number of benzene rings is 3. The number of aromatic nitrogens is 2. The number of esters is 1. The maximum atomic E-state index is 13.2. The van der Waals surface area contributed by atoms with Gasteiger partial charge < -0.3 is 4.74 Å². The molecule has 1 atom stereocenters. The molecule has 174 valence electrons. The molecule has 1 aromatic heterocycles. The number of hydrogen-bond donors (Lipinski definition) is 0. The van der Waals surface area contributed by atoms with E-state index in [0.29, 0.717) is 27.4 Å². The van der Waals surface area contributed by atoms with E-state index in [-0.39, 0.29) is 16.5 Å². The molecule has 1 heterocycles. The van der Waals surface area contributed by atoms with Crippen LogP contribution in [0.2, 0.25) is 10.0 Å². The maximum absolute atomic E-state index is 13.2. The monoisotopic (exact) mass is 504 g/mol. The minimum atomic E-state index is -5.19. The zero-order valence-electron chi connectivity index (χ0n) is 17.7. The van der Waals surface area contributed by atoms with Gasteiger partial charge in [0.15, 0.2) is 0 Å². The summed E-state index contributed by atoms with van der Waals surface area (Å²) < 4.78 is 45.9. The van der Waals surface area contributed by atoms with Crippen LogP contribution in [0, 0.1) is 0 Å². The van der Waals surface area contributed by atoms with Gasteiger partial charge in [-0.15, -0.1) is 0 Å². The smallest absolute Gasteiger partial charge is 0.400 e. The highest BCUT2D eigenvalue weighted by Crippen LogP contribution is 2.42. The molecule has 0 fully saturated rings. The van der Waals surface area contributed by atoms with Crippen molar-refractivity contribution in [3.8, 4) is 28.3 Å². The number of hydrogen-bond acceptors (Lipinski definition) is 3. The highest BCUT2D eigenvalue weighted by Gasteiger charge is 2.43. The lowest BCUT2D eigenvalue weighted by Gasteiger charge is -2.17. The van der Waals surface area contributed by atoms with Gasteiger partial charge in [-0.3, -0.25) is 0 Å². The molecule has 0 bridgehead atoms. The SMILES string of the molecule is CC(c1ccc(Cl)c(Cl)c1)n1nc(-c2ccccc2)c(-c2ccccc2)c1OC(=O)C(F)(F)F. The second kappa shape index (κ2) is 9.52. The Morgan fingerprint density at radius 1 is 0.912 bits per heavy atom. The van der Waals surface area contributed by atoms with Crippen LogP contribution < -0.4 is 4.74 Å². The summed E-state index contributed by atoms with van der Waals surface area (Å²) in [6.45, 7) is 1.71. The van der Waals surface area contributed by atoms with E-state index in [0.717, 1.165) is 0 Å². The summed E-state index contributed by atoms with van der Waals surface area (Å²) in [6.07, 6.45) is -5.19. The molecule has 1 unspecified atom stereocenters. The van der Waals surface area contributed by atoms with E-state index in [4.69, 9.17) is 27.9 Å². The fourth-order valence-corrected chi connectivity index (χ4v) is 3.81. The van der Waals surface area contributed by atoms with Crippen LogP contribution in [0.15, 0.2) is 78.9 Å². The Hall–Kier alpha value is -3.29. The number of carbonyl (C=O) groups excluding carboxylic acids is 1. The summed E-state index contributed by atoms with van der Waals surface area (Å²) in [5, 5.41) is 5.22. The molecule has 0 N–H and O–H groups in total. The first-order valence-electron chi connectivity index (χ1n) is 10.1. The lowest BCUT2D eigenvalue weighted by atomic mass is 10.0. The molecule has 4 rings (SSSR count). The summed E-state index contributed by atoms with van der Waals surface area (Å²) >= 11 is 12.2. The molecule has 0 amide bonds. The molecule has 0 saturated carbocycles. The molecule has 4 aromatic rings. The topological polar surface area (TPSA) is 44.1 Å². The predicted octanol–water partition coefficient (Wildman–Crippen LogP) is 7.60. The normalized spacial score (nSPS) is 12.4. The van der Waals surface area contributed by atoms with Crippen molar-refractivity contribution in [1.29, 1.82) is 0 Å². The zero-order valence-corrected chi connectivity index (χ0v) is 19.2. The Morgan fingerprint density at radius 2 is 1.50 bits per heavy atom. The minimum Gasteiger partial charge on any atom is -0.400 e. The van der Waals surface area contributed by atoms with Gasteiger partial charge in [0.05, 0.1) is 21.7 Å². The molecule has 4 nitrogen and oxygen atoms in total. The third kappa shape index (κ3) is 4.81. The average Bonchev–Trinajstić information content (AvgIpc) is 3.20. The zero-order chi connectivity index (χ0) is 24.5. The number of carbonyl (C=O) groups is 1. The molecule has 0 spiro atoms. The number of halogens is 5. The fourth-order valence-electron chi connectivity index (χ4n) is 3.50. The first kappa shape index (κ1) is 23.9. The van der Waals surface area contributed by atoms with Crippen LogP contribution in [0.3, 0.4) is 0 Å². The molecule has 0 saturated heterocycles. The van der Waals surface area contributed by atoms with Gasteiger partial charge in [0, 0.05) is 5.56 Å². The molecule has 9 heteroatoms. The molecule has 0 aliphatic carbocycles. The van der Waals surface area contributed by atoms with Gasteiger partial charge >= 0.3 is 12.1 Å². The van der Waals surface area contributed by atoms with Crippen LogP contribution in [0.4, 0.5) is 13.2 Å². The molecular weight excluding hydrogens is 488 g/mol. The van der Waals surface area contributed by atoms with Gasteiger partial charge in [-0.25, -0.2) is 9.48 Å². The van der Waals surface area contributed by atoms with Crippen LogP contribution in [0.1, 0.15) is 18.5 Å². The molecule has 0 aliphatic rings. The van der Waals surface area contributed by atoms with Crippen molar-refractivity contribution in [3.63, 3.8) is 0 Å². The number of rotatable bonds is 5. The number of nitrogens with zero attached hydrogens (tertiary/aromatic N) is 2. The first-order chi connectivity index (χ1) is 16.2. The van der Waals surface area contributed by atoms with E-state index < -0.39 is 18.2 Å². The van der Waals surface area contributed by atoms with Crippen molar-refractivity contribution < 1.29 is 22.7 Å². The number of ether oxygens (including phenoxy) is 1. The summed E-state index contributed by atoms with van der Waals surface area (Å²) in [7, 11) is 0. The Morgan fingerprint density at radius 3 is 2.06 bits per heavy atom. The fraction of sp³-hybridized carbons (Fsp3) is 0.120. The highest BCUT2D eigenvalue weighted by atomic mass is 35.5. The Bertz CT molecular complexity index is 1320. The summed E-state index contributed by atoms with van der Waals surface area (Å²) in [4.78, 5) is 11.9. The molecule has 0 radical (unpaired) electrons. The van der Waals surface area contributed by atoms with Crippen LogP contribution in [-0.4, -0.2) is 21.9 Å². The quantitative estimate of drug-likeness (QED) is 0.263. The van der Waals surface area contributed by atoms with E-state index in [1.54, 1.807) is 79.7 Å². The first-order valence-corrected chi connectivity index (χ1v) is 10.9. The Kier molecular flexibility index (Phi) is 6.68. The molecular formula is C25H17Cl2F3N2O2. The van der Waals surface area contributed by atoms with Gasteiger partial charge in [0.25, 0.3) is 0 Å². The molecule has 34 heavy (non-hydrogen) atoms. The van der Waals surface area contributed by atoms with Gasteiger partial charge in [-0.05, 0) is 30.2 Å². The van der Waals surface area contributed by atoms with Gasteiger partial charge in [-0.2, -0.15) is 18.3 Å². The van der Waals surface area contributed by atoms with E-state index in [9.17, 15) is 18.0 Å². The second-order valence-electron chi connectivity index (χ2n) is 7.44. The van der Waals surface area contributed by atoms with Gasteiger partial charge in [0.1, 0.15) is 5.69 Å². The van der Waals surface area contributed by atoms with E-state index >= 15 is 0 Å². The van der Waals surface area contributed by atoms with E-state index in [1.807, 2.05) is 6.07 Å². The maximum Gasteiger partial charge on any atom is 0.491 e. The van der Waals surface area contributed by atoms with Crippen molar-refractivity contribution in [3.05, 3.63) is 94.5 Å². The lowest BCUT2D eigenvalue weighted by molar-refractivity contribution is -0.190. The Balaban J connectivity index is 1.98. The third-order valence-electron chi connectivity index (χ3n) is 5.19. The van der Waals surface area contributed by atoms with E-state index in [1.165, 1.54) is 4.68 Å². The molecule has 3 aromatic carbocycles. The van der Waals surface area contributed by atoms with Crippen LogP contribution >= 0.6 is 23.2 Å². The standard InChI is InChI=1S/C25H17Cl2F3N2O2/c1-15(18-12-13-19(26)20(27)14-18)32-23(34-24(33)25(28,29)30)21(16-8-4-2-5-9-16)22(31-32)17-10-6-3-7-11-17/h2-15H,1H3. The largest absolute Gasteiger partial charge is 0.491 e. The average molecular weight is 505 g/mol. The predicted molar refractivity (Wildman–Crippen MR) is 125 cm³/mol. The summed E-state index contributed by atoms with van der Waals surface area (Å²) in [5.74, 6) is -2.67.